The Hall–Kier alpha value is -1.54. The fourth-order valence-corrected chi connectivity index (χ4v) is 11.9. The average Bonchev–Trinajstić information content (AvgIpc) is 2.60. The number of aryl methyl sites for hydroxylation is 3. The first-order chi connectivity index (χ1) is 41.3. The van der Waals surface area contributed by atoms with Crippen molar-refractivity contribution in [3.8, 4) is 0 Å². The molecule has 0 radical (unpaired) electrons. The summed E-state index contributed by atoms with van der Waals surface area (Å²) in [6.45, 7) is 62.2. The molecule has 0 aliphatic rings. The van der Waals surface area contributed by atoms with Crippen LogP contribution in [0.2, 0.25) is 6.82 Å². The van der Waals surface area contributed by atoms with Gasteiger partial charge in [0.15, 0.2) is 0 Å². The molecule has 0 spiro atoms. The summed E-state index contributed by atoms with van der Waals surface area (Å²) in [6.07, 6.45) is 26.7. The summed E-state index contributed by atoms with van der Waals surface area (Å²) in [5.41, 5.74) is 17.0. The van der Waals surface area contributed by atoms with Crippen molar-refractivity contribution in [1.29, 1.82) is 0 Å². The summed E-state index contributed by atoms with van der Waals surface area (Å²) >= 11 is 11.6. The molecule has 0 nitrogen and oxygen atoms in total. The van der Waals surface area contributed by atoms with Gasteiger partial charge in [0, 0.05) is 11.6 Å². The molecule has 0 N–H and O–H groups in total. The first-order valence-electron chi connectivity index (χ1n) is 35.3. The summed E-state index contributed by atoms with van der Waals surface area (Å²) < 4.78 is 0.771. The van der Waals surface area contributed by atoms with Gasteiger partial charge in [0.25, 0.3) is 3.85 Å². The van der Waals surface area contributed by atoms with Crippen molar-refractivity contribution in [2.24, 2.45) is 32.5 Å². The summed E-state index contributed by atoms with van der Waals surface area (Å²) in [5.74, 6) is 2.50. The maximum absolute atomic E-state index is 4.27. The van der Waals surface area contributed by atoms with Crippen LogP contribution in [0.25, 0.3) is 0 Å². The lowest BCUT2D eigenvalue weighted by Gasteiger charge is -2.30. The first kappa shape index (κ1) is 87.5. The molecule has 0 heterocycles. The monoisotopic (exact) mass is 1480 g/mol. The van der Waals surface area contributed by atoms with Crippen LogP contribution in [0, 0.1) is 46.3 Å². The predicted octanol–water partition coefficient (Wildman–Crippen LogP) is 30.5. The molecular formula is C84H142BBr2IS. The Labute approximate surface area is 592 Å². The summed E-state index contributed by atoms with van der Waals surface area (Å²) in [6, 6.07) is 36.9. The van der Waals surface area contributed by atoms with Gasteiger partial charge in [-0.3, -0.25) is 0 Å². The Morgan fingerprint density at radius 3 is 1.18 bits per heavy atom. The number of rotatable bonds is 31. The number of hydrogen-bond acceptors (Lipinski definition) is 1. The number of benzene rings is 4. The number of allylic oxidation sites excluding steroid dienone is 3. The molecule has 5 unspecified atom stereocenters. The van der Waals surface area contributed by atoms with Crippen LogP contribution < -0.4 is 0 Å². The Balaban J connectivity index is 0. The topological polar surface area (TPSA) is 0 Å². The number of halogens is 3. The SMILES string of the molecule is C=C(CC(C)(C)CC)C(Br)CCC(C)(C)CC.CC/C(=C\CCC(C)(C)CC)CC(C)(C)CC.CCC(CC(CC(C)(C)C)c1ccc(CBr)cc1)c1ccc(C)cc1.CCc1ccc(C(CC(CC)c2ccc(C)cc2)CC(C)(C)C)cc1.CSB(C)I.[2HH]. The average molecular weight is 1480 g/mol. The molecule has 0 saturated carbocycles. The van der Waals surface area contributed by atoms with Crippen molar-refractivity contribution in [1.82, 2.24) is 0 Å². The van der Waals surface area contributed by atoms with Crippen LogP contribution in [0.1, 0.15) is 331 Å². The van der Waals surface area contributed by atoms with Crippen LogP contribution in [-0.2, 0) is 11.8 Å². The zero-order valence-corrected chi connectivity index (χ0v) is 69.1. The Morgan fingerprint density at radius 2 is 0.865 bits per heavy atom. The molecular weight excluding hydrogens is 1340 g/mol. The van der Waals surface area contributed by atoms with Crippen LogP contribution in [0.4, 0.5) is 0 Å². The Bertz CT molecular complexity index is 2350. The second-order valence-corrected chi connectivity index (χ2v) is 37.6. The van der Waals surface area contributed by atoms with Crippen molar-refractivity contribution in [2.45, 2.75) is 322 Å². The van der Waals surface area contributed by atoms with E-state index in [0.29, 0.717) is 61.0 Å². The van der Waals surface area contributed by atoms with Crippen molar-refractivity contribution in [3.63, 3.8) is 0 Å². The lowest BCUT2D eigenvalue weighted by atomic mass is 9.75. The quantitative estimate of drug-likeness (QED) is 0.0209. The standard InChI is InChI=1S/C25H36.C24H33Br.C17H34.C16H31Br.C2H6BIS.H2/c1-7-20-11-15-23(16-12-20)24(18-25(4,5)6)17-21(8-2)22-13-9-19(3)10-14-22;1-6-20(21-11-7-18(2)8-12-21)15-23(16-24(3,4)5)22-13-9-19(17-25)10-14-22;1-8-15(14-17(6,7)10-3)12-11-13-16(4,5)9-2;1-8-15(4,5)11-10-14(17)13(3)12-16(6,7)9-2;1-3(4)5-2;/h9-16,21,24H,7-8,17-18H2,1-6H3;7-14,20,23H,6,15-17H2,1-5H3;12H,8-11,13-14H2,1-7H3;14H,3,8-12H2,1-2,4-7H3;1-2H3;1H/b;;15-12+;;;/i;;;;;1+1. The fraction of sp³-hybridized carbons (Fsp3) is 0.667. The molecule has 0 aliphatic heterocycles. The van der Waals surface area contributed by atoms with Crippen molar-refractivity contribution in [2.75, 3.05) is 6.26 Å². The minimum Gasteiger partial charge on any atom is -0.199 e. The summed E-state index contributed by atoms with van der Waals surface area (Å²) in [4.78, 5) is 0.485. The second kappa shape index (κ2) is 44.3. The largest absolute Gasteiger partial charge is 0.277 e. The second-order valence-electron chi connectivity index (χ2n) is 32.0. The van der Waals surface area contributed by atoms with E-state index in [2.05, 4.69) is 343 Å². The summed E-state index contributed by atoms with van der Waals surface area (Å²) in [5, 5.41) is 0.929. The van der Waals surface area contributed by atoms with Crippen molar-refractivity contribution >= 4 is 69.7 Å². The molecule has 5 atom stereocenters. The maximum Gasteiger partial charge on any atom is 0.277 e. The van der Waals surface area contributed by atoms with E-state index >= 15 is 0 Å². The van der Waals surface area contributed by atoms with Gasteiger partial charge in [0.1, 0.15) is 0 Å². The van der Waals surface area contributed by atoms with E-state index in [-0.39, 0.29) is 1.43 Å². The Kier molecular flexibility index (Phi) is 43.5. The van der Waals surface area contributed by atoms with Gasteiger partial charge in [-0.2, -0.15) is 11.6 Å². The highest BCUT2D eigenvalue weighted by Crippen LogP contribution is 2.42. The fourth-order valence-electron chi connectivity index (χ4n) is 11.2. The van der Waals surface area contributed by atoms with Gasteiger partial charge in [-0.1, -0.05) is 349 Å². The van der Waals surface area contributed by atoms with E-state index in [1.165, 1.54) is 153 Å². The van der Waals surface area contributed by atoms with E-state index in [9.17, 15) is 0 Å². The molecule has 5 heteroatoms. The molecule has 0 fully saturated rings. The van der Waals surface area contributed by atoms with E-state index in [1.54, 1.807) is 5.57 Å². The maximum atomic E-state index is 4.27. The lowest BCUT2D eigenvalue weighted by Crippen LogP contribution is -2.17. The smallest absolute Gasteiger partial charge is 0.199 e. The molecule has 4 aromatic rings. The number of hydrogen-bond donors (Lipinski definition) is 0. The molecule has 4 rings (SSSR count). The normalized spacial score (nSPS) is 14.0. The van der Waals surface area contributed by atoms with Gasteiger partial charge in [-0.25, -0.2) is 0 Å². The molecule has 0 amide bonds. The van der Waals surface area contributed by atoms with E-state index in [1.807, 2.05) is 11.6 Å². The highest BCUT2D eigenvalue weighted by molar-refractivity contribution is 14.1. The molecule has 0 bridgehead atoms. The third kappa shape index (κ3) is 40.5. The van der Waals surface area contributed by atoms with Gasteiger partial charge >= 0.3 is 0 Å². The molecule has 0 saturated heterocycles. The minimum absolute atomic E-state index is 0. The number of alkyl halides is 2. The zero-order valence-electron chi connectivity index (χ0n) is 63.0. The summed E-state index contributed by atoms with van der Waals surface area (Å²) in [7, 11) is 0. The minimum atomic E-state index is 0. The van der Waals surface area contributed by atoms with Gasteiger partial charge in [-0.15, -0.1) is 22.4 Å². The van der Waals surface area contributed by atoms with Crippen LogP contribution >= 0.6 is 65.8 Å². The van der Waals surface area contributed by atoms with Gasteiger partial charge in [0.2, 0.25) is 0 Å². The van der Waals surface area contributed by atoms with Gasteiger partial charge in [-0.05, 0) is 200 Å². The zero-order chi connectivity index (χ0) is 68.4. The molecule has 4 aromatic carbocycles. The molecule has 0 aromatic heterocycles. The van der Waals surface area contributed by atoms with Crippen LogP contribution in [0.3, 0.4) is 0 Å². The van der Waals surface area contributed by atoms with Crippen LogP contribution in [-0.4, -0.2) is 14.9 Å². The van der Waals surface area contributed by atoms with Crippen LogP contribution in [0.5, 0.6) is 0 Å². The van der Waals surface area contributed by atoms with Gasteiger partial charge in [0.05, 0.1) is 0 Å². The van der Waals surface area contributed by atoms with Crippen molar-refractivity contribution in [3.05, 3.63) is 165 Å². The first-order valence-corrected chi connectivity index (χ1v) is 39.9. The lowest BCUT2D eigenvalue weighted by molar-refractivity contribution is 0.309. The van der Waals surface area contributed by atoms with Crippen LogP contribution in [0.15, 0.2) is 121 Å². The van der Waals surface area contributed by atoms with E-state index in [4.69, 9.17) is 0 Å². The highest BCUT2D eigenvalue weighted by Gasteiger charge is 2.27. The predicted molar refractivity (Wildman–Crippen MR) is 432 cm³/mol. The Morgan fingerprint density at radius 1 is 0.528 bits per heavy atom. The highest BCUT2D eigenvalue weighted by atomic mass is 127. The molecule has 0 aliphatic carbocycles. The van der Waals surface area contributed by atoms with E-state index in [0.717, 1.165) is 22.0 Å². The molecule has 89 heavy (non-hydrogen) atoms. The van der Waals surface area contributed by atoms with E-state index < -0.39 is 0 Å². The van der Waals surface area contributed by atoms with Gasteiger partial charge < -0.3 is 0 Å². The van der Waals surface area contributed by atoms with Crippen molar-refractivity contribution < 1.29 is 1.43 Å². The third-order valence-electron chi connectivity index (χ3n) is 19.2. The third-order valence-corrected chi connectivity index (χ3v) is 23.1. The molecule has 508 valence electrons.